The number of rotatable bonds is 4. The van der Waals surface area contributed by atoms with Crippen molar-refractivity contribution in [3.8, 4) is 33.9 Å². The number of fused-ring (bicyclic) bond motifs is 9. The molecule has 9 aromatic carbocycles. The van der Waals surface area contributed by atoms with Crippen LogP contribution in [-0.4, -0.2) is 14.1 Å². The number of para-hydroxylation sites is 2. The molecule has 0 fully saturated rings. The summed E-state index contributed by atoms with van der Waals surface area (Å²) in [4.78, 5) is 5.27. The minimum atomic E-state index is 0.939. The van der Waals surface area contributed by atoms with E-state index in [4.69, 9.17) is 4.98 Å². The van der Waals surface area contributed by atoms with E-state index in [2.05, 4.69) is 197 Å². The van der Waals surface area contributed by atoms with Gasteiger partial charge in [0.1, 0.15) is 5.82 Å². The molecule has 0 aliphatic heterocycles. The lowest BCUT2D eigenvalue weighted by Gasteiger charge is -2.14. The van der Waals surface area contributed by atoms with Crippen LogP contribution in [0.3, 0.4) is 0 Å². The molecule has 2 heterocycles. The highest BCUT2D eigenvalue weighted by atomic mass is 15.1. The van der Waals surface area contributed by atoms with Crippen molar-refractivity contribution in [2.75, 3.05) is 0 Å². The van der Waals surface area contributed by atoms with Gasteiger partial charge in [0.2, 0.25) is 0 Å². The Bertz CT molecular complexity index is 3170. The molecule has 0 saturated heterocycles. The van der Waals surface area contributed by atoms with E-state index in [9.17, 15) is 0 Å². The molecule has 0 unspecified atom stereocenters. The van der Waals surface area contributed by atoms with E-state index in [0.29, 0.717) is 0 Å². The van der Waals surface area contributed by atoms with Crippen molar-refractivity contribution < 1.29 is 0 Å². The zero-order valence-corrected chi connectivity index (χ0v) is 28.2. The zero-order chi connectivity index (χ0) is 34.2. The molecular weight excluding hydrogens is 631 g/mol. The normalized spacial score (nSPS) is 11.8. The van der Waals surface area contributed by atoms with E-state index < -0.39 is 0 Å². The number of imidazole rings is 1. The van der Waals surface area contributed by atoms with Crippen LogP contribution in [0, 0.1) is 0 Å². The Kier molecular flexibility index (Phi) is 6.25. The average Bonchev–Trinajstić information content (AvgIpc) is 3.76. The molecule has 242 valence electrons. The van der Waals surface area contributed by atoms with E-state index in [1.807, 2.05) is 0 Å². The summed E-state index contributed by atoms with van der Waals surface area (Å²) in [6, 6.07) is 68.0. The Morgan fingerprint density at radius 3 is 1.87 bits per heavy atom. The van der Waals surface area contributed by atoms with Crippen molar-refractivity contribution in [3.05, 3.63) is 188 Å². The van der Waals surface area contributed by atoms with E-state index in [1.165, 1.54) is 65.3 Å². The van der Waals surface area contributed by atoms with Crippen LogP contribution in [0.2, 0.25) is 0 Å². The van der Waals surface area contributed by atoms with Gasteiger partial charge in [-0.3, -0.25) is 4.57 Å². The first-order chi connectivity index (χ1) is 25.8. The first-order valence-corrected chi connectivity index (χ1v) is 17.8. The molecule has 11 rings (SSSR count). The first kappa shape index (κ1) is 28.8. The monoisotopic (exact) mass is 661 g/mol. The van der Waals surface area contributed by atoms with Gasteiger partial charge in [-0.25, -0.2) is 4.98 Å². The second-order valence-corrected chi connectivity index (χ2v) is 13.6. The quantitative estimate of drug-likeness (QED) is 0.172. The molecule has 0 aliphatic rings. The molecule has 0 amide bonds. The topological polar surface area (TPSA) is 22.8 Å². The Labute approximate surface area is 300 Å². The lowest BCUT2D eigenvalue weighted by atomic mass is 9.96. The van der Waals surface area contributed by atoms with Crippen molar-refractivity contribution in [1.82, 2.24) is 14.1 Å². The summed E-state index contributed by atoms with van der Waals surface area (Å²) in [5.74, 6) is 0.939. The van der Waals surface area contributed by atoms with Crippen LogP contribution in [0.1, 0.15) is 0 Å². The van der Waals surface area contributed by atoms with Gasteiger partial charge in [0.25, 0.3) is 0 Å². The molecule has 0 aliphatic carbocycles. The van der Waals surface area contributed by atoms with Crippen LogP contribution in [0.25, 0.3) is 99.0 Å². The van der Waals surface area contributed by atoms with Gasteiger partial charge < -0.3 is 4.57 Å². The van der Waals surface area contributed by atoms with Crippen LogP contribution in [0.15, 0.2) is 188 Å². The van der Waals surface area contributed by atoms with E-state index in [1.54, 1.807) is 0 Å². The second kappa shape index (κ2) is 11.3. The largest absolute Gasteiger partial charge is 0.309 e. The summed E-state index contributed by atoms with van der Waals surface area (Å²) in [5.41, 5.74) is 10.2. The van der Waals surface area contributed by atoms with Gasteiger partial charge >= 0.3 is 0 Å². The molecule has 2 aromatic heterocycles. The highest BCUT2D eigenvalue weighted by Gasteiger charge is 2.19. The Morgan fingerprint density at radius 1 is 0.346 bits per heavy atom. The highest BCUT2D eigenvalue weighted by molar-refractivity contribution is 6.20. The van der Waals surface area contributed by atoms with Gasteiger partial charge in [0, 0.05) is 33.1 Å². The second-order valence-electron chi connectivity index (χ2n) is 13.6. The van der Waals surface area contributed by atoms with E-state index in [0.717, 1.165) is 33.8 Å². The summed E-state index contributed by atoms with van der Waals surface area (Å²) in [7, 11) is 0. The van der Waals surface area contributed by atoms with Crippen LogP contribution in [0.4, 0.5) is 0 Å². The standard InChI is InChI=1S/C49H31N3/c1-3-12-34(13-4-1)49-50-44-27-26-33-24-22-32-23-25-38(29-42(32)47(33)48(44)52(49)39-17-5-2-6-18-39)35-16-11-19-40(28-35)51-45-21-10-9-20-41(45)43-30-36-14-7-8-15-37(36)31-46(43)51/h1-31H. The van der Waals surface area contributed by atoms with Crippen LogP contribution in [0.5, 0.6) is 0 Å². The number of benzene rings is 9. The molecule has 11 aromatic rings. The first-order valence-electron chi connectivity index (χ1n) is 17.8. The smallest absolute Gasteiger partial charge is 0.145 e. The highest BCUT2D eigenvalue weighted by Crippen LogP contribution is 2.40. The average molecular weight is 662 g/mol. The molecule has 3 heteroatoms. The Morgan fingerprint density at radius 2 is 1.00 bits per heavy atom. The number of hydrogen-bond acceptors (Lipinski definition) is 1. The van der Waals surface area contributed by atoms with Gasteiger partial charge in [-0.1, -0.05) is 133 Å². The van der Waals surface area contributed by atoms with Gasteiger partial charge in [-0.05, 0) is 92.7 Å². The molecule has 0 bridgehead atoms. The van der Waals surface area contributed by atoms with Gasteiger partial charge in [-0.15, -0.1) is 0 Å². The van der Waals surface area contributed by atoms with Crippen LogP contribution in [-0.2, 0) is 0 Å². The van der Waals surface area contributed by atoms with Gasteiger partial charge in [0.15, 0.2) is 0 Å². The maximum atomic E-state index is 5.27. The van der Waals surface area contributed by atoms with Crippen molar-refractivity contribution >= 4 is 65.2 Å². The molecule has 0 N–H and O–H groups in total. The molecule has 0 spiro atoms. The van der Waals surface area contributed by atoms with Crippen molar-refractivity contribution in [2.24, 2.45) is 0 Å². The minimum absolute atomic E-state index is 0.939. The third-order valence-corrected chi connectivity index (χ3v) is 10.6. The molecule has 0 atom stereocenters. The molecular formula is C49H31N3. The van der Waals surface area contributed by atoms with Gasteiger partial charge in [0.05, 0.1) is 22.1 Å². The van der Waals surface area contributed by atoms with Crippen molar-refractivity contribution in [2.45, 2.75) is 0 Å². The summed E-state index contributed by atoms with van der Waals surface area (Å²) in [6.45, 7) is 0. The molecule has 3 nitrogen and oxygen atoms in total. The number of aromatic nitrogens is 3. The van der Waals surface area contributed by atoms with Gasteiger partial charge in [-0.2, -0.15) is 0 Å². The molecule has 0 radical (unpaired) electrons. The Balaban J connectivity index is 1.15. The number of nitrogens with zero attached hydrogens (tertiary/aromatic N) is 3. The van der Waals surface area contributed by atoms with Crippen molar-refractivity contribution in [3.63, 3.8) is 0 Å². The molecule has 52 heavy (non-hydrogen) atoms. The fourth-order valence-corrected chi connectivity index (χ4v) is 8.25. The maximum absolute atomic E-state index is 5.27. The van der Waals surface area contributed by atoms with E-state index >= 15 is 0 Å². The summed E-state index contributed by atoms with van der Waals surface area (Å²) in [6.07, 6.45) is 0. The number of hydrogen-bond donors (Lipinski definition) is 0. The summed E-state index contributed by atoms with van der Waals surface area (Å²) < 4.78 is 4.76. The fraction of sp³-hybridized carbons (Fsp3) is 0. The minimum Gasteiger partial charge on any atom is -0.309 e. The maximum Gasteiger partial charge on any atom is 0.145 e. The zero-order valence-electron chi connectivity index (χ0n) is 28.2. The third kappa shape index (κ3) is 4.36. The third-order valence-electron chi connectivity index (χ3n) is 10.6. The fourth-order valence-electron chi connectivity index (χ4n) is 8.25. The predicted molar refractivity (Wildman–Crippen MR) is 219 cm³/mol. The van der Waals surface area contributed by atoms with Crippen molar-refractivity contribution in [1.29, 1.82) is 0 Å². The predicted octanol–water partition coefficient (Wildman–Crippen LogP) is 12.9. The van der Waals surface area contributed by atoms with E-state index in [-0.39, 0.29) is 0 Å². The molecule has 0 saturated carbocycles. The lowest BCUT2D eigenvalue weighted by Crippen LogP contribution is -1.98. The lowest BCUT2D eigenvalue weighted by molar-refractivity contribution is 1.11. The summed E-state index contributed by atoms with van der Waals surface area (Å²) >= 11 is 0. The SMILES string of the molecule is c1ccc(-c2nc3ccc4ccc5ccc(-c6cccc(-n7c8ccccc8c8cc9ccccc9cc87)c6)cc5c4c3n2-c2ccccc2)cc1. The van der Waals surface area contributed by atoms with Crippen LogP contribution >= 0.6 is 0 Å². The van der Waals surface area contributed by atoms with Crippen LogP contribution < -0.4 is 0 Å². The Hall–Kier alpha value is -6.97. The summed E-state index contributed by atoms with van der Waals surface area (Å²) in [5, 5.41) is 9.86.